The molecule has 0 aromatic heterocycles. The van der Waals surface area contributed by atoms with Crippen LogP contribution in [0.4, 0.5) is 17.1 Å². The minimum Gasteiger partial charge on any atom is -0.309 e. The number of hydrogen-bond donors (Lipinski definition) is 0. The maximum absolute atomic E-state index is 2.49. The third-order valence-electron chi connectivity index (χ3n) is 10.4. The molecule has 0 spiro atoms. The third kappa shape index (κ3) is 5.02. The number of nitrogens with zero attached hydrogens (tertiary/aromatic N) is 1. The van der Waals surface area contributed by atoms with Crippen LogP contribution in [0.15, 0.2) is 188 Å². The van der Waals surface area contributed by atoms with Crippen molar-refractivity contribution < 1.29 is 0 Å². The lowest BCUT2D eigenvalue weighted by atomic mass is 9.82. The molecule has 0 amide bonds. The highest BCUT2D eigenvalue weighted by atomic mass is 15.1. The topological polar surface area (TPSA) is 3.24 Å². The van der Waals surface area contributed by atoms with E-state index in [-0.39, 0.29) is 5.41 Å². The molecule has 1 heteroatoms. The maximum Gasteiger partial charge on any atom is 0.0543 e. The molecule has 8 aromatic carbocycles. The molecule has 9 rings (SSSR count). The molecule has 0 heterocycles. The van der Waals surface area contributed by atoms with Gasteiger partial charge in [-0.15, -0.1) is 0 Å². The predicted octanol–water partition coefficient (Wildman–Crippen LogP) is 13.6. The van der Waals surface area contributed by atoms with Gasteiger partial charge in [0.05, 0.1) is 11.4 Å². The third-order valence-corrected chi connectivity index (χ3v) is 10.4. The molecular weight excluding hydrogens is 603 g/mol. The van der Waals surface area contributed by atoms with Crippen molar-refractivity contribution in [2.45, 2.75) is 19.3 Å². The van der Waals surface area contributed by atoms with Crippen LogP contribution in [0.3, 0.4) is 0 Å². The van der Waals surface area contributed by atoms with Crippen LogP contribution in [-0.4, -0.2) is 0 Å². The van der Waals surface area contributed by atoms with E-state index in [1.807, 2.05) is 0 Å². The average Bonchev–Trinajstić information content (AvgIpc) is 3.41. The van der Waals surface area contributed by atoms with E-state index in [1.54, 1.807) is 0 Å². The van der Waals surface area contributed by atoms with Crippen molar-refractivity contribution in [1.82, 2.24) is 0 Å². The fourth-order valence-corrected chi connectivity index (χ4v) is 7.87. The van der Waals surface area contributed by atoms with Gasteiger partial charge in [0.1, 0.15) is 0 Å². The molecule has 50 heavy (non-hydrogen) atoms. The molecule has 0 radical (unpaired) electrons. The smallest absolute Gasteiger partial charge is 0.0543 e. The largest absolute Gasteiger partial charge is 0.309 e. The molecule has 0 fully saturated rings. The van der Waals surface area contributed by atoms with Crippen LogP contribution in [0.1, 0.15) is 25.0 Å². The van der Waals surface area contributed by atoms with Gasteiger partial charge < -0.3 is 4.90 Å². The number of hydrogen-bond acceptors (Lipinski definition) is 1. The molecule has 1 aliphatic rings. The molecule has 238 valence electrons. The van der Waals surface area contributed by atoms with E-state index in [0.717, 1.165) is 11.4 Å². The molecule has 0 unspecified atom stereocenters. The highest BCUT2D eigenvalue weighted by Gasteiger charge is 2.38. The first-order valence-corrected chi connectivity index (χ1v) is 17.4. The Labute approximate surface area is 294 Å². The Bertz CT molecular complexity index is 2480. The highest BCUT2D eigenvalue weighted by molar-refractivity contribution is 6.01. The van der Waals surface area contributed by atoms with E-state index < -0.39 is 0 Å². The molecule has 1 nitrogen and oxygen atoms in total. The van der Waals surface area contributed by atoms with Gasteiger partial charge in [-0.1, -0.05) is 159 Å². The molecule has 1 aliphatic carbocycles. The Kier molecular flexibility index (Phi) is 7.21. The zero-order chi connectivity index (χ0) is 33.7. The Morgan fingerprint density at radius 1 is 0.360 bits per heavy atom. The van der Waals surface area contributed by atoms with E-state index in [0.29, 0.717) is 0 Å². The van der Waals surface area contributed by atoms with Gasteiger partial charge in [-0.2, -0.15) is 0 Å². The number of fused-ring (bicyclic) bond motifs is 4. The number of benzene rings is 8. The van der Waals surface area contributed by atoms with Crippen LogP contribution < -0.4 is 4.90 Å². The van der Waals surface area contributed by atoms with E-state index in [2.05, 4.69) is 207 Å². The Balaban J connectivity index is 1.32. The summed E-state index contributed by atoms with van der Waals surface area (Å²) in [5.74, 6) is 0. The Hall–Kier alpha value is -6.18. The van der Waals surface area contributed by atoms with Gasteiger partial charge in [-0.25, -0.2) is 0 Å². The monoisotopic (exact) mass is 639 g/mol. The van der Waals surface area contributed by atoms with Gasteiger partial charge in [-0.05, 0) is 97.7 Å². The summed E-state index contributed by atoms with van der Waals surface area (Å²) in [6.45, 7) is 4.75. The zero-order valence-electron chi connectivity index (χ0n) is 28.3. The van der Waals surface area contributed by atoms with Gasteiger partial charge in [-0.3, -0.25) is 0 Å². The second-order valence-corrected chi connectivity index (χ2v) is 13.8. The summed E-state index contributed by atoms with van der Waals surface area (Å²) >= 11 is 0. The summed E-state index contributed by atoms with van der Waals surface area (Å²) in [6, 6.07) is 68.6. The molecule has 0 N–H and O–H groups in total. The Morgan fingerprint density at radius 3 is 1.56 bits per heavy atom. The minimum atomic E-state index is -0.146. The Morgan fingerprint density at radius 2 is 0.900 bits per heavy atom. The second kappa shape index (κ2) is 12.1. The summed E-state index contributed by atoms with van der Waals surface area (Å²) in [5, 5.41) is 2.55. The normalized spacial score (nSPS) is 12.8. The van der Waals surface area contributed by atoms with Crippen LogP contribution in [0, 0.1) is 0 Å². The average molecular weight is 640 g/mol. The van der Waals surface area contributed by atoms with Crippen molar-refractivity contribution in [1.29, 1.82) is 0 Å². The van der Waals surface area contributed by atoms with Crippen LogP contribution in [-0.2, 0) is 5.41 Å². The summed E-state index contributed by atoms with van der Waals surface area (Å²) in [5.41, 5.74) is 15.8. The summed E-state index contributed by atoms with van der Waals surface area (Å²) < 4.78 is 0. The lowest BCUT2D eigenvalue weighted by Gasteiger charge is -2.31. The van der Waals surface area contributed by atoms with E-state index in [9.17, 15) is 0 Å². The second-order valence-electron chi connectivity index (χ2n) is 13.8. The quantitative estimate of drug-likeness (QED) is 0.175. The van der Waals surface area contributed by atoms with Crippen molar-refractivity contribution in [3.63, 3.8) is 0 Å². The first kappa shape index (κ1) is 29.9. The molecule has 0 atom stereocenters. The standard InChI is InChI=1S/C49H37N/c1-49(2)44-23-14-24-47(48(44)43-32-38-21-12-13-22-39(38)33-45(43)49)50(41-28-25-36(26-29-41)34-15-6-3-7-16-34)46-30-27-40(35-17-8-4-9-18-35)31-42(46)37-19-10-5-11-20-37/h3-33H,1-2H3. The summed E-state index contributed by atoms with van der Waals surface area (Å²) in [7, 11) is 0. The molecular formula is C49H37N. The van der Waals surface area contributed by atoms with Crippen LogP contribution in [0.25, 0.3) is 55.3 Å². The van der Waals surface area contributed by atoms with Crippen molar-refractivity contribution >= 4 is 27.8 Å². The van der Waals surface area contributed by atoms with E-state index >= 15 is 0 Å². The molecule has 0 bridgehead atoms. The van der Waals surface area contributed by atoms with Gasteiger partial charge >= 0.3 is 0 Å². The summed E-state index contributed by atoms with van der Waals surface area (Å²) in [4.78, 5) is 2.49. The fourth-order valence-electron chi connectivity index (χ4n) is 7.87. The maximum atomic E-state index is 2.49. The summed E-state index contributed by atoms with van der Waals surface area (Å²) in [6.07, 6.45) is 0. The van der Waals surface area contributed by atoms with Gasteiger partial charge in [0, 0.05) is 22.2 Å². The molecule has 0 saturated carbocycles. The van der Waals surface area contributed by atoms with Gasteiger partial charge in [0.2, 0.25) is 0 Å². The van der Waals surface area contributed by atoms with Crippen molar-refractivity contribution in [3.8, 4) is 44.5 Å². The van der Waals surface area contributed by atoms with Crippen LogP contribution in [0.2, 0.25) is 0 Å². The fraction of sp³-hybridized carbons (Fsp3) is 0.0612. The predicted molar refractivity (Wildman–Crippen MR) is 213 cm³/mol. The van der Waals surface area contributed by atoms with E-state index in [1.165, 1.54) is 72.1 Å². The minimum absolute atomic E-state index is 0.146. The number of anilines is 3. The van der Waals surface area contributed by atoms with Gasteiger partial charge in [0.25, 0.3) is 0 Å². The molecule has 0 aliphatic heterocycles. The zero-order valence-corrected chi connectivity index (χ0v) is 28.3. The van der Waals surface area contributed by atoms with Gasteiger partial charge in [0.15, 0.2) is 0 Å². The lowest BCUT2D eigenvalue weighted by Crippen LogP contribution is -2.16. The van der Waals surface area contributed by atoms with Crippen LogP contribution >= 0.6 is 0 Å². The van der Waals surface area contributed by atoms with Crippen molar-refractivity contribution in [2.75, 3.05) is 4.90 Å². The van der Waals surface area contributed by atoms with E-state index in [4.69, 9.17) is 0 Å². The van der Waals surface area contributed by atoms with Crippen molar-refractivity contribution in [2.24, 2.45) is 0 Å². The molecule has 8 aromatic rings. The molecule has 0 saturated heterocycles. The first-order chi connectivity index (χ1) is 24.6. The first-order valence-electron chi connectivity index (χ1n) is 17.4. The number of rotatable bonds is 6. The SMILES string of the molecule is CC1(C)c2cc3ccccc3cc2-c2c(N(c3ccc(-c4ccccc4)cc3)c3ccc(-c4ccccc4)cc3-c3ccccc3)cccc21. The lowest BCUT2D eigenvalue weighted by molar-refractivity contribution is 0.661. The van der Waals surface area contributed by atoms with Crippen LogP contribution in [0.5, 0.6) is 0 Å². The van der Waals surface area contributed by atoms with Crippen molar-refractivity contribution in [3.05, 3.63) is 199 Å². The highest BCUT2D eigenvalue weighted by Crippen LogP contribution is 2.56.